The Bertz CT molecular complexity index is 1100. The molecule has 0 radical (unpaired) electrons. The van der Waals surface area contributed by atoms with Crippen LogP contribution in [0.5, 0.6) is 0 Å². The summed E-state index contributed by atoms with van der Waals surface area (Å²) in [4.78, 5) is 16.3. The lowest BCUT2D eigenvalue weighted by molar-refractivity contribution is 0.0378. The summed E-state index contributed by atoms with van der Waals surface area (Å²) < 4.78 is 5.54. The van der Waals surface area contributed by atoms with Crippen LogP contribution in [0.2, 0.25) is 0 Å². The van der Waals surface area contributed by atoms with Crippen molar-refractivity contribution < 1.29 is 9.53 Å². The number of thiophene rings is 1. The van der Waals surface area contributed by atoms with E-state index in [2.05, 4.69) is 40.8 Å². The SMILES string of the molecule is CC(C)OC(=O)c1c(NC(=S)Nc2cccc3ccccc23)sc2c1CCN(C)C2. The Morgan fingerprint density at radius 2 is 1.93 bits per heavy atom. The number of hydrogen-bond acceptors (Lipinski definition) is 5. The average Bonchev–Trinajstić information content (AvgIpc) is 3.04. The van der Waals surface area contributed by atoms with Crippen molar-refractivity contribution in [2.75, 3.05) is 24.2 Å². The van der Waals surface area contributed by atoms with E-state index in [4.69, 9.17) is 17.0 Å². The molecule has 0 unspecified atom stereocenters. The van der Waals surface area contributed by atoms with Gasteiger partial charge in [0.15, 0.2) is 5.11 Å². The Morgan fingerprint density at radius 1 is 1.17 bits per heavy atom. The summed E-state index contributed by atoms with van der Waals surface area (Å²) in [7, 11) is 2.09. The lowest BCUT2D eigenvalue weighted by atomic mass is 10.0. The Morgan fingerprint density at radius 3 is 2.73 bits per heavy atom. The van der Waals surface area contributed by atoms with E-state index in [-0.39, 0.29) is 12.1 Å². The summed E-state index contributed by atoms with van der Waals surface area (Å²) >= 11 is 7.18. The number of likely N-dealkylation sites (N-methyl/N-ethyl adjacent to an activating group) is 1. The second kappa shape index (κ2) is 8.71. The van der Waals surface area contributed by atoms with E-state index in [0.717, 1.165) is 46.5 Å². The fourth-order valence-electron chi connectivity index (χ4n) is 3.70. The number of thiocarbonyl (C=S) groups is 1. The Balaban J connectivity index is 1.62. The quantitative estimate of drug-likeness (QED) is 0.427. The normalized spacial score (nSPS) is 13.9. The van der Waals surface area contributed by atoms with Gasteiger partial charge in [0.05, 0.1) is 11.7 Å². The maximum Gasteiger partial charge on any atom is 0.341 e. The number of anilines is 2. The van der Waals surface area contributed by atoms with Crippen molar-refractivity contribution in [1.82, 2.24) is 4.90 Å². The van der Waals surface area contributed by atoms with Crippen LogP contribution in [0, 0.1) is 0 Å². The number of nitrogens with zero attached hydrogens (tertiary/aromatic N) is 1. The number of ether oxygens (including phenoxy) is 1. The van der Waals surface area contributed by atoms with Crippen LogP contribution in [0.4, 0.5) is 10.7 Å². The van der Waals surface area contributed by atoms with Crippen LogP contribution in [0.3, 0.4) is 0 Å². The summed E-state index contributed by atoms with van der Waals surface area (Å²) in [5.41, 5.74) is 2.64. The van der Waals surface area contributed by atoms with E-state index in [1.165, 1.54) is 4.88 Å². The maximum atomic E-state index is 12.9. The first-order valence-corrected chi connectivity index (χ1v) is 11.2. The topological polar surface area (TPSA) is 53.6 Å². The molecule has 7 heteroatoms. The summed E-state index contributed by atoms with van der Waals surface area (Å²) in [6, 6.07) is 14.2. The Kier molecular flexibility index (Phi) is 6.04. The highest BCUT2D eigenvalue weighted by Crippen LogP contribution is 2.37. The molecule has 30 heavy (non-hydrogen) atoms. The van der Waals surface area contributed by atoms with Crippen molar-refractivity contribution in [3.05, 3.63) is 58.5 Å². The predicted octanol–water partition coefficient (Wildman–Crippen LogP) is 5.26. The third-order valence-corrected chi connectivity index (χ3v) is 6.40. The van der Waals surface area contributed by atoms with E-state index >= 15 is 0 Å². The molecule has 5 nitrogen and oxygen atoms in total. The average molecular weight is 440 g/mol. The van der Waals surface area contributed by atoms with Crippen LogP contribution >= 0.6 is 23.6 Å². The molecular formula is C23H25N3O2S2. The van der Waals surface area contributed by atoms with Crippen LogP contribution in [0.1, 0.15) is 34.6 Å². The van der Waals surface area contributed by atoms with E-state index < -0.39 is 0 Å². The van der Waals surface area contributed by atoms with Gasteiger partial charge in [0.2, 0.25) is 0 Å². The standard InChI is InChI=1S/C23H25N3O2S2/c1-14(2)28-22(27)20-17-11-12-26(3)13-19(17)30-21(20)25-23(29)24-18-10-6-8-15-7-4-5-9-16(15)18/h4-10,14H,11-13H2,1-3H3,(H2,24,25,29). The van der Waals surface area contributed by atoms with Gasteiger partial charge in [0.25, 0.3) is 0 Å². The third kappa shape index (κ3) is 4.33. The molecule has 0 saturated heterocycles. The number of rotatable bonds is 4. The van der Waals surface area contributed by atoms with Gasteiger partial charge in [-0.15, -0.1) is 11.3 Å². The van der Waals surface area contributed by atoms with Gasteiger partial charge in [-0.1, -0.05) is 36.4 Å². The summed E-state index contributed by atoms with van der Waals surface area (Å²) in [6.07, 6.45) is 0.656. The zero-order chi connectivity index (χ0) is 21.3. The fraction of sp³-hybridized carbons (Fsp3) is 0.304. The third-order valence-electron chi connectivity index (χ3n) is 5.06. The van der Waals surface area contributed by atoms with Gasteiger partial charge >= 0.3 is 5.97 Å². The molecule has 1 aromatic heterocycles. The van der Waals surface area contributed by atoms with Gasteiger partial charge in [-0.2, -0.15) is 0 Å². The van der Waals surface area contributed by atoms with Gasteiger partial charge in [-0.3, -0.25) is 0 Å². The zero-order valence-corrected chi connectivity index (χ0v) is 19.0. The molecule has 0 spiro atoms. The number of nitrogens with one attached hydrogen (secondary N) is 2. The van der Waals surface area contributed by atoms with Crippen molar-refractivity contribution in [2.24, 2.45) is 0 Å². The molecule has 4 rings (SSSR count). The van der Waals surface area contributed by atoms with E-state index in [1.807, 2.05) is 38.1 Å². The second-order valence-electron chi connectivity index (χ2n) is 7.76. The van der Waals surface area contributed by atoms with E-state index in [1.54, 1.807) is 11.3 Å². The van der Waals surface area contributed by atoms with Crippen LogP contribution < -0.4 is 10.6 Å². The van der Waals surface area contributed by atoms with Crippen LogP contribution in [0.15, 0.2) is 42.5 Å². The highest BCUT2D eigenvalue weighted by molar-refractivity contribution is 7.80. The van der Waals surface area contributed by atoms with Crippen LogP contribution in [-0.4, -0.2) is 35.7 Å². The second-order valence-corrected chi connectivity index (χ2v) is 9.27. The van der Waals surface area contributed by atoms with Gasteiger partial charge in [0.1, 0.15) is 5.00 Å². The molecule has 0 fully saturated rings. The molecule has 2 aromatic carbocycles. The van der Waals surface area contributed by atoms with Gasteiger partial charge in [-0.25, -0.2) is 4.79 Å². The Labute approximate surface area is 186 Å². The lowest BCUT2D eigenvalue weighted by Gasteiger charge is -2.22. The molecule has 0 amide bonds. The fourth-order valence-corrected chi connectivity index (χ4v) is 5.30. The number of carbonyl (C=O) groups excluding carboxylic acids is 1. The minimum atomic E-state index is -0.289. The molecule has 156 valence electrons. The summed E-state index contributed by atoms with van der Waals surface area (Å²) in [5.74, 6) is -0.289. The largest absolute Gasteiger partial charge is 0.459 e. The molecule has 2 N–H and O–H groups in total. The van der Waals surface area contributed by atoms with Crippen LogP contribution in [0.25, 0.3) is 10.8 Å². The van der Waals surface area contributed by atoms with Crippen molar-refractivity contribution in [1.29, 1.82) is 0 Å². The van der Waals surface area contributed by atoms with Crippen LogP contribution in [-0.2, 0) is 17.7 Å². The van der Waals surface area contributed by atoms with Gasteiger partial charge in [-0.05, 0) is 56.5 Å². The first-order chi connectivity index (χ1) is 14.4. The molecular weight excluding hydrogens is 414 g/mol. The van der Waals surface area contributed by atoms with E-state index in [0.29, 0.717) is 10.7 Å². The monoisotopic (exact) mass is 439 g/mol. The van der Waals surface area contributed by atoms with Gasteiger partial charge < -0.3 is 20.3 Å². The first kappa shape index (κ1) is 20.8. The number of hydrogen-bond donors (Lipinski definition) is 2. The zero-order valence-electron chi connectivity index (χ0n) is 17.3. The van der Waals surface area contributed by atoms with Crippen molar-refractivity contribution in [3.8, 4) is 0 Å². The van der Waals surface area contributed by atoms with Crippen molar-refractivity contribution in [3.63, 3.8) is 0 Å². The number of esters is 1. The summed E-state index contributed by atoms with van der Waals surface area (Å²) in [5, 5.41) is 10.0. The summed E-state index contributed by atoms with van der Waals surface area (Å²) in [6.45, 7) is 5.48. The molecule has 0 atom stereocenters. The highest BCUT2D eigenvalue weighted by Gasteiger charge is 2.28. The number of benzene rings is 2. The maximum absolute atomic E-state index is 12.9. The Hall–Kier alpha value is -2.48. The molecule has 2 heterocycles. The molecule has 3 aromatic rings. The smallest absolute Gasteiger partial charge is 0.341 e. The predicted molar refractivity (Wildman–Crippen MR) is 129 cm³/mol. The molecule has 0 bridgehead atoms. The molecule has 0 saturated carbocycles. The lowest BCUT2D eigenvalue weighted by Crippen LogP contribution is -2.27. The highest BCUT2D eigenvalue weighted by atomic mass is 32.1. The number of carbonyl (C=O) groups is 1. The first-order valence-electron chi connectivity index (χ1n) is 10.0. The molecule has 1 aliphatic rings. The van der Waals surface area contributed by atoms with Gasteiger partial charge in [0, 0.05) is 29.0 Å². The van der Waals surface area contributed by atoms with Crippen molar-refractivity contribution in [2.45, 2.75) is 32.9 Å². The number of fused-ring (bicyclic) bond motifs is 2. The molecule has 1 aliphatic heterocycles. The molecule has 0 aliphatic carbocycles. The van der Waals surface area contributed by atoms with Crippen molar-refractivity contribution >= 4 is 56.1 Å². The minimum absolute atomic E-state index is 0.173. The minimum Gasteiger partial charge on any atom is -0.459 e. The van der Waals surface area contributed by atoms with E-state index in [9.17, 15) is 4.79 Å².